The molecule has 0 bridgehead atoms. The average molecular weight is 153 g/mol. The van der Waals surface area contributed by atoms with Gasteiger partial charge in [0, 0.05) is 5.02 Å². The number of halogens is 1. The van der Waals surface area contributed by atoms with Crippen LogP contribution < -0.4 is 0 Å². The molecule has 0 aliphatic rings. The molecule has 0 aliphatic heterocycles. The zero-order valence-corrected chi connectivity index (χ0v) is 6.39. The first-order valence-electron chi connectivity index (χ1n) is 2.93. The monoisotopic (exact) mass is 152 g/mol. The summed E-state index contributed by atoms with van der Waals surface area (Å²) in [6.45, 7) is 0. The van der Waals surface area contributed by atoms with Gasteiger partial charge >= 0.3 is 6.07 Å². The van der Waals surface area contributed by atoms with E-state index in [1.807, 2.05) is 24.3 Å². The van der Waals surface area contributed by atoms with Gasteiger partial charge in [0.2, 0.25) is 0 Å². The van der Waals surface area contributed by atoms with Crippen molar-refractivity contribution >= 4 is 11.6 Å². The van der Waals surface area contributed by atoms with Gasteiger partial charge in [0.15, 0.2) is 0 Å². The quantitative estimate of drug-likeness (QED) is 0.539. The van der Waals surface area contributed by atoms with E-state index in [1.165, 1.54) is 0 Å². The van der Waals surface area contributed by atoms with Gasteiger partial charge in [-0.25, -0.2) is 0 Å². The maximum Gasteiger partial charge on any atom is 0.310 e. The lowest BCUT2D eigenvalue weighted by atomic mass is 10.2. The summed E-state index contributed by atoms with van der Waals surface area (Å²) in [5.74, 6) is 0. The molecule has 0 N–H and O–H groups in total. The summed E-state index contributed by atoms with van der Waals surface area (Å²) >= 11 is 5.65. The molecule has 0 aliphatic carbocycles. The minimum absolute atomic E-state index is 0.738. The average Bonchev–Trinajstić information content (AvgIpc) is 1.95. The Hall–Kier alpha value is -1.00. The first-order valence-corrected chi connectivity index (χ1v) is 3.31. The Balaban J connectivity index is 2.97. The van der Waals surface area contributed by atoms with Crippen molar-refractivity contribution in [3.8, 4) is 6.07 Å². The van der Waals surface area contributed by atoms with Crippen LogP contribution in [0.25, 0.3) is 4.85 Å². The molecule has 2 heteroatoms. The van der Waals surface area contributed by atoms with Crippen molar-refractivity contribution < 1.29 is 0 Å². The van der Waals surface area contributed by atoms with E-state index >= 15 is 0 Å². The molecular weight excluding hydrogens is 146 g/mol. The minimum atomic E-state index is 0.738. The van der Waals surface area contributed by atoms with Crippen molar-refractivity contribution in [2.45, 2.75) is 0 Å². The third-order valence-corrected chi connectivity index (χ3v) is 1.34. The summed E-state index contributed by atoms with van der Waals surface area (Å²) in [6.07, 6.45) is 0. The Labute approximate surface area is 65.1 Å². The minimum Gasteiger partial charge on any atom is -0.0843 e. The van der Waals surface area contributed by atoms with E-state index in [9.17, 15) is 0 Å². The van der Waals surface area contributed by atoms with Crippen LogP contribution in [0, 0.1) is 6.07 Å². The Morgan fingerprint density at radius 1 is 1.30 bits per heavy atom. The number of rotatable bonds is 0. The van der Waals surface area contributed by atoms with E-state index in [2.05, 4.69) is 10.9 Å². The molecule has 10 heavy (non-hydrogen) atoms. The van der Waals surface area contributed by atoms with Crippen molar-refractivity contribution in [1.29, 1.82) is 0 Å². The lowest BCUT2D eigenvalue weighted by Crippen LogP contribution is -1.69. The zero-order valence-electron chi connectivity index (χ0n) is 5.63. The van der Waals surface area contributed by atoms with Crippen LogP contribution in [0.1, 0.15) is 5.56 Å². The van der Waals surface area contributed by atoms with Crippen LogP contribution in [0.5, 0.6) is 0 Å². The van der Waals surface area contributed by atoms with Crippen molar-refractivity contribution in [2.24, 2.45) is 0 Å². The summed E-state index contributed by atoms with van der Waals surface area (Å²) in [7, 11) is 1.69. The molecule has 1 aromatic rings. The highest BCUT2D eigenvalue weighted by molar-refractivity contribution is 6.30. The van der Waals surface area contributed by atoms with Gasteiger partial charge in [0.05, 0.1) is 0 Å². The molecule has 0 unspecified atom stereocenters. The third kappa shape index (κ3) is 1.75. The summed E-state index contributed by atoms with van der Waals surface area (Å²) in [6, 6.07) is 10.2. The summed E-state index contributed by atoms with van der Waals surface area (Å²) in [5.41, 5.74) is 0.951. The van der Waals surface area contributed by atoms with Crippen molar-refractivity contribution in [3.63, 3.8) is 0 Å². The normalized spacial score (nSPS) is 8.20. The zero-order chi connectivity index (χ0) is 7.40. The highest BCUT2D eigenvalue weighted by atomic mass is 35.5. The molecule has 0 aromatic heterocycles. The number of hydrogen-bond donors (Lipinski definition) is 0. The SMILES string of the molecule is C[N+]#Cc1ccc(Cl)cc1. The highest BCUT2D eigenvalue weighted by Gasteiger charge is 1.91. The molecule has 0 fully saturated rings. The van der Waals surface area contributed by atoms with E-state index in [1.54, 1.807) is 7.05 Å². The van der Waals surface area contributed by atoms with E-state index in [4.69, 9.17) is 11.6 Å². The Morgan fingerprint density at radius 3 is 2.40 bits per heavy atom. The van der Waals surface area contributed by atoms with Crippen LogP contribution in [0.15, 0.2) is 24.3 Å². The molecule has 0 amide bonds. The molecule has 0 saturated carbocycles. The Kier molecular flexibility index (Phi) is 2.30. The number of hydrogen-bond acceptors (Lipinski definition) is 0. The summed E-state index contributed by atoms with van der Waals surface area (Å²) in [4.78, 5) is 3.74. The molecule has 0 spiro atoms. The molecule has 0 heterocycles. The van der Waals surface area contributed by atoms with E-state index in [0.29, 0.717) is 0 Å². The molecular formula is C8H7ClN+. The van der Waals surface area contributed by atoms with Gasteiger partial charge in [-0.05, 0) is 24.3 Å². The van der Waals surface area contributed by atoms with Gasteiger partial charge < -0.3 is 0 Å². The standard InChI is InChI=1S/C8H7ClN/c1-10-6-7-2-4-8(9)5-3-7/h2-5H,1H3/q+1. The first kappa shape index (κ1) is 7.11. The molecule has 1 aromatic carbocycles. The van der Waals surface area contributed by atoms with Gasteiger partial charge in [0.25, 0.3) is 7.05 Å². The van der Waals surface area contributed by atoms with Crippen LogP contribution in [-0.4, -0.2) is 7.05 Å². The molecule has 0 radical (unpaired) electrons. The van der Waals surface area contributed by atoms with Gasteiger partial charge in [-0.2, -0.15) is 0 Å². The molecule has 0 atom stereocenters. The highest BCUT2D eigenvalue weighted by Crippen LogP contribution is 2.08. The summed E-state index contributed by atoms with van der Waals surface area (Å²) < 4.78 is 0. The van der Waals surface area contributed by atoms with Crippen molar-refractivity contribution in [2.75, 3.05) is 7.05 Å². The number of benzene rings is 1. The van der Waals surface area contributed by atoms with Crippen LogP contribution in [0.4, 0.5) is 0 Å². The Bertz CT molecular complexity index is 266. The second-order valence-corrected chi connectivity index (χ2v) is 2.28. The predicted octanol–water partition coefficient (Wildman–Crippen LogP) is 2.65. The maximum absolute atomic E-state index is 5.65. The largest absolute Gasteiger partial charge is 0.310 e. The van der Waals surface area contributed by atoms with Crippen LogP contribution in [0.2, 0.25) is 5.02 Å². The van der Waals surface area contributed by atoms with E-state index in [0.717, 1.165) is 10.6 Å². The van der Waals surface area contributed by atoms with Crippen LogP contribution >= 0.6 is 11.6 Å². The van der Waals surface area contributed by atoms with Gasteiger partial charge in [0.1, 0.15) is 5.56 Å². The summed E-state index contributed by atoms with van der Waals surface area (Å²) in [5, 5.41) is 0.738. The Morgan fingerprint density at radius 2 is 1.90 bits per heavy atom. The fourth-order valence-corrected chi connectivity index (χ4v) is 0.780. The van der Waals surface area contributed by atoms with E-state index in [-0.39, 0.29) is 0 Å². The molecule has 0 saturated heterocycles. The lowest BCUT2D eigenvalue weighted by molar-refractivity contribution is 1.64. The first-order chi connectivity index (χ1) is 4.83. The number of nitrogens with zero attached hydrogens (tertiary/aromatic N) is 1. The topological polar surface area (TPSA) is 4.36 Å². The van der Waals surface area contributed by atoms with E-state index < -0.39 is 0 Å². The van der Waals surface area contributed by atoms with Crippen molar-refractivity contribution in [3.05, 3.63) is 39.7 Å². The maximum atomic E-state index is 5.65. The van der Waals surface area contributed by atoms with Gasteiger partial charge in [-0.1, -0.05) is 16.4 Å². The second-order valence-electron chi connectivity index (χ2n) is 1.84. The molecule has 1 rings (SSSR count). The smallest absolute Gasteiger partial charge is 0.0843 e. The van der Waals surface area contributed by atoms with Gasteiger partial charge in [-0.3, -0.25) is 0 Å². The van der Waals surface area contributed by atoms with Crippen molar-refractivity contribution in [1.82, 2.24) is 0 Å². The third-order valence-electron chi connectivity index (χ3n) is 1.09. The lowest BCUT2D eigenvalue weighted by Gasteiger charge is -1.84. The van der Waals surface area contributed by atoms with Crippen LogP contribution in [-0.2, 0) is 0 Å². The molecule has 1 nitrogen and oxygen atoms in total. The van der Waals surface area contributed by atoms with Crippen LogP contribution in [0.3, 0.4) is 0 Å². The van der Waals surface area contributed by atoms with Gasteiger partial charge in [-0.15, -0.1) is 0 Å². The fourth-order valence-electron chi connectivity index (χ4n) is 0.654. The predicted molar refractivity (Wildman–Crippen MR) is 43.7 cm³/mol. The second kappa shape index (κ2) is 3.24. The molecule has 50 valence electrons. The fraction of sp³-hybridized carbons (Fsp3) is 0.125.